The zero-order valence-electron chi connectivity index (χ0n) is 22.6. The number of para-hydroxylation sites is 1. The molecule has 208 valence electrons. The first-order valence-electron chi connectivity index (χ1n) is 13.6. The Kier molecular flexibility index (Phi) is 7.16. The highest BCUT2D eigenvalue weighted by molar-refractivity contribution is 6.30. The third kappa shape index (κ3) is 5.03. The first-order valence-corrected chi connectivity index (χ1v) is 13.9. The minimum Gasteiger partial charge on any atom is -0.478 e. The third-order valence-corrected chi connectivity index (χ3v) is 8.22. The molecule has 3 aromatic carbocycles. The normalized spacial score (nSPS) is 19.4. The zero-order valence-corrected chi connectivity index (χ0v) is 23.4. The summed E-state index contributed by atoms with van der Waals surface area (Å²) in [5, 5.41) is 10.1. The molecule has 4 aromatic rings. The predicted molar refractivity (Wildman–Crippen MR) is 152 cm³/mol. The van der Waals surface area contributed by atoms with E-state index in [1.165, 1.54) is 5.56 Å². The number of piperidine rings is 1. The standard InChI is InChI=1S/C31H32ClN3O5/c1-31(22-7-9-23(32)10-8-22)39-27-5-3-4-24(29(27)40-31)20-12-14-34(15-13-20)19-28-33-25-11-6-21(30(36)37)18-26(25)35(28)16-17-38-2/h3-11,18,20H,12-17,19H2,1-2H3,(H,36,37). The number of aromatic carboxylic acids is 1. The van der Waals surface area contributed by atoms with Crippen molar-refractivity contribution in [3.63, 3.8) is 0 Å². The fourth-order valence-electron chi connectivity index (χ4n) is 5.80. The molecule has 1 N–H and O–H groups in total. The van der Waals surface area contributed by atoms with Crippen molar-refractivity contribution in [2.45, 2.75) is 44.6 Å². The van der Waals surface area contributed by atoms with Gasteiger partial charge in [-0.15, -0.1) is 0 Å². The van der Waals surface area contributed by atoms with Crippen LogP contribution in [0.4, 0.5) is 0 Å². The van der Waals surface area contributed by atoms with Crippen molar-refractivity contribution in [1.29, 1.82) is 0 Å². The van der Waals surface area contributed by atoms with Gasteiger partial charge in [0, 0.05) is 36.7 Å². The number of rotatable bonds is 8. The Hall–Kier alpha value is -3.59. The molecule has 9 heteroatoms. The molecule has 0 bridgehead atoms. The van der Waals surface area contributed by atoms with E-state index in [-0.39, 0.29) is 5.56 Å². The van der Waals surface area contributed by atoms with Crippen LogP contribution in [0.5, 0.6) is 11.5 Å². The van der Waals surface area contributed by atoms with Gasteiger partial charge in [0.05, 0.1) is 29.7 Å². The summed E-state index contributed by atoms with van der Waals surface area (Å²) in [6.45, 7) is 5.59. The van der Waals surface area contributed by atoms with Crippen LogP contribution in [-0.4, -0.2) is 52.3 Å². The molecule has 8 nitrogen and oxygen atoms in total. The van der Waals surface area contributed by atoms with Crippen LogP contribution in [-0.2, 0) is 23.6 Å². The fourth-order valence-corrected chi connectivity index (χ4v) is 5.93. The predicted octanol–water partition coefficient (Wildman–Crippen LogP) is 6.06. The van der Waals surface area contributed by atoms with Gasteiger partial charge in [0.25, 0.3) is 5.79 Å². The second-order valence-electron chi connectivity index (χ2n) is 10.6. The van der Waals surface area contributed by atoms with E-state index in [1.54, 1.807) is 25.3 Å². The number of halogens is 1. The maximum absolute atomic E-state index is 11.5. The molecule has 1 atom stereocenters. The van der Waals surface area contributed by atoms with Gasteiger partial charge in [0.2, 0.25) is 0 Å². The van der Waals surface area contributed by atoms with Gasteiger partial charge in [-0.05, 0) is 80.4 Å². The molecule has 0 amide bonds. The van der Waals surface area contributed by atoms with E-state index in [2.05, 4.69) is 15.5 Å². The summed E-state index contributed by atoms with van der Waals surface area (Å²) in [6.07, 6.45) is 1.97. The monoisotopic (exact) mass is 561 g/mol. The van der Waals surface area contributed by atoms with Crippen molar-refractivity contribution in [3.8, 4) is 11.5 Å². The molecule has 3 heterocycles. The van der Waals surface area contributed by atoms with E-state index in [1.807, 2.05) is 43.3 Å². The molecule has 1 saturated heterocycles. The van der Waals surface area contributed by atoms with Gasteiger partial charge in [0.1, 0.15) is 5.82 Å². The number of fused-ring (bicyclic) bond motifs is 2. The molecule has 40 heavy (non-hydrogen) atoms. The minimum atomic E-state index is -0.944. The minimum absolute atomic E-state index is 0.257. The number of benzene rings is 3. The average molecular weight is 562 g/mol. The van der Waals surface area contributed by atoms with Gasteiger partial charge in [-0.1, -0.05) is 23.7 Å². The summed E-state index contributed by atoms with van der Waals surface area (Å²) < 4.78 is 20.2. The molecule has 2 aliphatic heterocycles. The summed E-state index contributed by atoms with van der Waals surface area (Å²) in [5.41, 5.74) is 3.98. The highest BCUT2D eigenvalue weighted by Gasteiger charge is 2.41. The number of carboxylic acid groups (broad SMARTS) is 1. The molecule has 2 aliphatic rings. The van der Waals surface area contributed by atoms with Crippen LogP contribution in [0.15, 0.2) is 60.7 Å². The molecule has 0 spiro atoms. The largest absolute Gasteiger partial charge is 0.478 e. The van der Waals surface area contributed by atoms with E-state index in [4.69, 9.17) is 30.8 Å². The number of carbonyl (C=O) groups is 1. The number of aromatic nitrogens is 2. The van der Waals surface area contributed by atoms with Crippen molar-refractivity contribution in [2.24, 2.45) is 0 Å². The van der Waals surface area contributed by atoms with Crippen molar-refractivity contribution >= 4 is 28.6 Å². The molecule has 1 fully saturated rings. The first-order chi connectivity index (χ1) is 19.3. The Morgan fingerprint density at radius 2 is 1.90 bits per heavy atom. The van der Waals surface area contributed by atoms with Gasteiger partial charge >= 0.3 is 5.97 Å². The van der Waals surface area contributed by atoms with Crippen molar-refractivity contribution < 1.29 is 24.1 Å². The number of imidazole rings is 1. The van der Waals surface area contributed by atoms with E-state index in [9.17, 15) is 9.90 Å². The van der Waals surface area contributed by atoms with E-state index in [0.29, 0.717) is 30.6 Å². The molecular formula is C31H32ClN3O5. The molecule has 0 aliphatic carbocycles. The van der Waals surface area contributed by atoms with E-state index < -0.39 is 11.8 Å². The van der Waals surface area contributed by atoms with Gasteiger partial charge in [-0.25, -0.2) is 9.78 Å². The maximum Gasteiger partial charge on any atom is 0.335 e. The lowest BCUT2D eigenvalue weighted by Gasteiger charge is -2.32. The Morgan fingerprint density at radius 3 is 2.62 bits per heavy atom. The van der Waals surface area contributed by atoms with E-state index in [0.717, 1.165) is 59.9 Å². The molecule has 0 radical (unpaired) electrons. The summed E-state index contributed by atoms with van der Waals surface area (Å²) in [7, 11) is 1.67. The zero-order chi connectivity index (χ0) is 27.9. The SMILES string of the molecule is COCCn1c(CN2CCC(c3cccc4c3OC(C)(c3ccc(Cl)cc3)O4)CC2)nc2ccc(C(=O)O)cc21. The Bertz CT molecular complexity index is 1540. The van der Waals surface area contributed by atoms with Crippen LogP contribution in [0.1, 0.15) is 53.0 Å². The number of methoxy groups -OCH3 is 1. The first kappa shape index (κ1) is 26.6. The van der Waals surface area contributed by atoms with Gasteiger partial charge < -0.3 is 23.9 Å². The lowest BCUT2D eigenvalue weighted by Crippen LogP contribution is -2.34. The number of carboxylic acids is 1. The van der Waals surface area contributed by atoms with Gasteiger partial charge in [-0.3, -0.25) is 4.90 Å². The topological polar surface area (TPSA) is 86.0 Å². The maximum atomic E-state index is 11.5. The van der Waals surface area contributed by atoms with E-state index >= 15 is 0 Å². The van der Waals surface area contributed by atoms with Crippen molar-refractivity contribution in [3.05, 3.63) is 88.2 Å². The Labute approximate surface area is 238 Å². The van der Waals surface area contributed by atoms with Gasteiger partial charge in [-0.2, -0.15) is 0 Å². The van der Waals surface area contributed by atoms with Crippen LogP contribution in [0, 0.1) is 0 Å². The quantitative estimate of drug-likeness (QED) is 0.280. The summed E-state index contributed by atoms with van der Waals surface area (Å²) in [6, 6.07) is 18.8. The number of likely N-dealkylation sites (tertiary alicyclic amines) is 1. The second-order valence-corrected chi connectivity index (χ2v) is 11.0. The lowest BCUT2D eigenvalue weighted by molar-refractivity contribution is -0.0685. The highest BCUT2D eigenvalue weighted by atomic mass is 35.5. The number of nitrogens with zero attached hydrogens (tertiary/aromatic N) is 3. The summed E-state index contributed by atoms with van der Waals surface area (Å²) in [5.74, 6) is 1.03. The Balaban J connectivity index is 1.17. The number of hydrogen-bond donors (Lipinski definition) is 1. The second kappa shape index (κ2) is 10.8. The fraction of sp³-hybridized carbons (Fsp3) is 0.355. The van der Waals surface area contributed by atoms with Crippen LogP contribution in [0.25, 0.3) is 11.0 Å². The molecule has 6 rings (SSSR count). The highest BCUT2D eigenvalue weighted by Crippen LogP contribution is 2.49. The van der Waals surface area contributed by atoms with Crippen LogP contribution in [0.3, 0.4) is 0 Å². The molecular weight excluding hydrogens is 530 g/mol. The lowest BCUT2D eigenvalue weighted by atomic mass is 9.88. The van der Waals surface area contributed by atoms with Crippen LogP contribution >= 0.6 is 11.6 Å². The third-order valence-electron chi connectivity index (χ3n) is 7.97. The van der Waals surface area contributed by atoms with Gasteiger partial charge in [0.15, 0.2) is 11.5 Å². The Morgan fingerprint density at radius 1 is 1.12 bits per heavy atom. The van der Waals surface area contributed by atoms with Crippen LogP contribution in [0.2, 0.25) is 5.02 Å². The summed E-state index contributed by atoms with van der Waals surface area (Å²) in [4.78, 5) is 18.8. The molecule has 1 unspecified atom stereocenters. The molecule has 1 aromatic heterocycles. The van der Waals surface area contributed by atoms with Crippen LogP contribution < -0.4 is 9.47 Å². The smallest absolute Gasteiger partial charge is 0.335 e. The van der Waals surface area contributed by atoms with Crippen molar-refractivity contribution in [1.82, 2.24) is 14.5 Å². The van der Waals surface area contributed by atoms with Crippen molar-refractivity contribution in [2.75, 3.05) is 26.8 Å². The molecule has 0 saturated carbocycles. The number of ether oxygens (including phenoxy) is 3. The number of hydrogen-bond acceptors (Lipinski definition) is 6. The summed E-state index contributed by atoms with van der Waals surface area (Å²) >= 11 is 6.09. The average Bonchev–Trinajstić information content (AvgIpc) is 3.49.